The maximum absolute atomic E-state index is 2.57. The summed E-state index contributed by atoms with van der Waals surface area (Å²) in [7, 11) is 0. The van der Waals surface area contributed by atoms with E-state index in [1.54, 1.807) is 0 Å². The molecule has 3 heteroatoms. The van der Waals surface area contributed by atoms with Gasteiger partial charge in [-0.2, -0.15) is 0 Å². The van der Waals surface area contributed by atoms with Gasteiger partial charge in [0.1, 0.15) is 0 Å². The van der Waals surface area contributed by atoms with E-state index in [0.717, 1.165) is 11.4 Å². The third-order valence-corrected chi connectivity index (χ3v) is 13.7. The molecule has 0 radical (unpaired) electrons. The van der Waals surface area contributed by atoms with Gasteiger partial charge in [-0.25, -0.2) is 0 Å². The van der Waals surface area contributed by atoms with Crippen LogP contribution in [0.15, 0.2) is 176 Å². The topological polar surface area (TPSA) is 6.48 Å². The molecule has 9 aromatic carbocycles. The SMILES string of the molecule is Cc1cc(-c2ccccc2)cc(C)c1-c1cc2c3c(c1)N(c1ccc(C(C)(C)C)cc1)c1cc4ccccc4cc1B3c1cc3ccccc3cc1N2c1ccc(C(C)(C)C)cc1. The Balaban J connectivity index is 1.26. The summed E-state index contributed by atoms with van der Waals surface area (Å²) in [5.74, 6) is 0. The van der Waals surface area contributed by atoms with Crippen LogP contribution in [0.3, 0.4) is 0 Å². The van der Waals surface area contributed by atoms with E-state index in [9.17, 15) is 0 Å². The third-order valence-electron chi connectivity index (χ3n) is 13.7. The monoisotopic (exact) mass is 812 g/mol. The molecule has 0 aliphatic carbocycles. The highest BCUT2D eigenvalue weighted by Crippen LogP contribution is 2.48. The summed E-state index contributed by atoms with van der Waals surface area (Å²) < 4.78 is 0. The number of aryl methyl sites for hydroxylation is 2. The Morgan fingerprint density at radius 1 is 0.365 bits per heavy atom. The van der Waals surface area contributed by atoms with Crippen molar-refractivity contribution in [3.05, 3.63) is 198 Å². The van der Waals surface area contributed by atoms with Gasteiger partial charge in [-0.3, -0.25) is 0 Å². The lowest BCUT2D eigenvalue weighted by Gasteiger charge is -2.45. The van der Waals surface area contributed by atoms with E-state index in [1.165, 1.54) is 105 Å². The molecule has 2 nitrogen and oxygen atoms in total. The molecule has 0 saturated carbocycles. The number of hydrogen-bond acceptors (Lipinski definition) is 2. The van der Waals surface area contributed by atoms with Gasteiger partial charge in [-0.05, 0) is 156 Å². The molecule has 0 N–H and O–H groups in total. The summed E-state index contributed by atoms with van der Waals surface area (Å²) in [6.07, 6.45) is 0. The Morgan fingerprint density at radius 3 is 1.17 bits per heavy atom. The van der Waals surface area contributed by atoms with Gasteiger partial charge in [0.25, 0.3) is 6.71 Å². The number of anilines is 6. The smallest absolute Gasteiger partial charge is 0.252 e. The molecule has 0 atom stereocenters. The number of nitrogens with zero attached hydrogens (tertiary/aromatic N) is 2. The Hall–Kier alpha value is -6.84. The zero-order chi connectivity index (χ0) is 43.4. The third kappa shape index (κ3) is 6.48. The average molecular weight is 813 g/mol. The predicted octanol–water partition coefficient (Wildman–Crippen LogP) is 14.6. The first-order valence-electron chi connectivity index (χ1n) is 22.5. The molecule has 63 heavy (non-hydrogen) atoms. The summed E-state index contributed by atoms with van der Waals surface area (Å²) in [4.78, 5) is 5.14. The highest BCUT2D eigenvalue weighted by Gasteiger charge is 2.44. The van der Waals surface area contributed by atoms with Crippen LogP contribution in [0.2, 0.25) is 0 Å². The second-order valence-electron chi connectivity index (χ2n) is 20.0. The highest BCUT2D eigenvalue weighted by molar-refractivity contribution is 7.00. The molecule has 2 heterocycles. The first-order chi connectivity index (χ1) is 30.3. The molecule has 11 rings (SSSR count). The summed E-state index contributed by atoms with van der Waals surface area (Å²) in [6.45, 7) is 18.4. The number of rotatable bonds is 4. The van der Waals surface area contributed by atoms with Gasteiger partial charge >= 0.3 is 0 Å². The fourth-order valence-electron chi connectivity index (χ4n) is 10.5. The first-order valence-corrected chi connectivity index (χ1v) is 22.5. The van der Waals surface area contributed by atoms with Crippen LogP contribution in [0.4, 0.5) is 34.1 Å². The molecule has 0 fully saturated rings. The van der Waals surface area contributed by atoms with E-state index in [4.69, 9.17) is 0 Å². The van der Waals surface area contributed by atoms with E-state index in [1.807, 2.05) is 0 Å². The van der Waals surface area contributed by atoms with E-state index in [2.05, 4.69) is 241 Å². The average Bonchev–Trinajstić information content (AvgIpc) is 3.27. The van der Waals surface area contributed by atoms with Crippen LogP contribution >= 0.6 is 0 Å². The summed E-state index contributed by atoms with van der Waals surface area (Å²) in [5.41, 5.74) is 21.5. The Kier molecular flexibility index (Phi) is 8.90. The van der Waals surface area contributed by atoms with Crippen molar-refractivity contribution in [3.8, 4) is 22.3 Å². The van der Waals surface area contributed by atoms with Crippen molar-refractivity contribution < 1.29 is 0 Å². The van der Waals surface area contributed by atoms with Gasteiger partial charge in [-0.1, -0.05) is 169 Å². The number of hydrogen-bond donors (Lipinski definition) is 0. The van der Waals surface area contributed by atoms with Gasteiger partial charge in [0, 0.05) is 34.1 Å². The van der Waals surface area contributed by atoms with Gasteiger partial charge in [-0.15, -0.1) is 0 Å². The molecule has 0 unspecified atom stereocenters. The van der Waals surface area contributed by atoms with Gasteiger partial charge < -0.3 is 9.80 Å². The maximum atomic E-state index is 2.57. The van der Waals surface area contributed by atoms with Gasteiger partial charge in [0.15, 0.2) is 0 Å². The van der Waals surface area contributed by atoms with Crippen LogP contribution in [0.1, 0.15) is 63.8 Å². The van der Waals surface area contributed by atoms with E-state index in [-0.39, 0.29) is 17.5 Å². The van der Waals surface area contributed by atoms with Gasteiger partial charge in [0.05, 0.1) is 0 Å². The summed E-state index contributed by atoms with van der Waals surface area (Å²) in [6, 6.07) is 66.9. The minimum absolute atomic E-state index is 0.00103. The van der Waals surface area contributed by atoms with Crippen molar-refractivity contribution in [3.63, 3.8) is 0 Å². The molecule has 9 aromatic rings. The van der Waals surface area contributed by atoms with Crippen molar-refractivity contribution in [2.24, 2.45) is 0 Å². The molecule has 0 spiro atoms. The fraction of sp³-hybridized carbons (Fsp3) is 0.167. The van der Waals surface area contributed by atoms with Crippen LogP contribution in [-0.4, -0.2) is 6.71 Å². The summed E-state index contributed by atoms with van der Waals surface area (Å²) in [5, 5.41) is 5.00. The van der Waals surface area contributed by atoms with E-state index in [0.29, 0.717) is 0 Å². The van der Waals surface area contributed by atoms with Crippen molar-refractivity contribution >= 4 is 78.8 Å². The molecule has 306 valence electrons. The van der Waals surface area contributed by atoms with Crippen molar-refractivity contribution in [2.75, 3.05) is 9.80 Å². The minimum Gasteiger partial charge on any atom is -0.311 e. The second-order valence-corrected chi connectivity index (χ2v) is 20.0. The molecular weight excluding hydrogens is 759 g/mol. The summed E-state index contributed by atoms with van der Waals surface area (Å²) >= 11 is 0. The zero-order valence-electron chi connectivity index (χ0n) is 37.7. The molecular formula is C60H53BN2. The zero-order valence-corrected chi connectivity index (χ0v) is 37.7. The Bertz CT molecular complexity index is 3060. The molecule has 0 aromatic heterocycles. The Morgan fingerprint density at radius 2 is 0.762 bits per heavy atom. The van der Waals surface area contributed by atoms with Crippen molar-refractivity contribution in [1.82, 2.24) is 0 Å². The largest absolute Gasteiger partial charge is 0.311 e. The molecule has 2 aliphatic rings. The van der Waals surface area contributed by atoms with Crippen LogP contribution < -0.4 is 26.2 Å². The molecule has 2 aliphatic heterocycles. The molecule has 0 bridgehead atoms. The van der Waals surface area contributed by atoms with Crippen molar-refractivity contribution in [2.45, 2.75) is 66.2 Å². The lowest BCUT2D eigenvalue weighted by Crippen LogP contribution is -2.61. The molecule has 0 saturated heterocycles. The highest BCUT2D eigenvalue weighted by atomic mass is 15.2. The van der Waals surface area contributed by atoms with Gasteiger partial charge in [0.2, 0.25) is 0 Å². The standard InChI is InChI=1S/C60H53BN2/c1-38-30-45(40-16-10-9-11-17-40)31-39(2)57(38)46-36-55-58-56(37-46)63(50-28-24-48(25-29-50)60(6,7)8)54-35-44-21-15-13-19-42(44)33-52(54)61(58)51-32-41-18-12-14-20-43(41)34-53(51)62(55)49-26-22-47(23-27-49)59(3,4)5/h9-37H,1-8H3. The van der Waals surface area contributed by atoms with Crippen LogP contribution in [-0.2, 0) is 10.8 Å². The van der Waals surface area contributed by atoms with Crippen LogP contribution in [0.25, 0.3) is 43.8 Å². The molecule has 0 amide bonds. The van der Waals surface area contributed by atoms with E-state index < -0.39 is 0 Å². The number of fused-ring (bicyclic) bond motifs is 6. The van der Waals surface area contributed by atoms with Crippen molar-refractivity contribution in [1.29, 1.82) is 0 Å². The predicted molar refractivity (Wildman–Crippen MR) is 273 cm³/mol. The Labute approximate surface area is 373 Å². The van der Waals surface area contributed by atoms with Crippen LogP contribution in [0.5, 0.6) is 0 Å². The van der Waals surface area contributed by atoms with E-state index >= 15 is 0 Å². The van der Waals surface area contributed by atoms with Crippen LogP contribution in [0, 0.1) is 13.8 Å². The lowest BCUT2D eigenvalue weighted by molar-refractivity contribution is 0.590. The normalized spacial score (nSPS) is 13.3. The number of benzene rings is 9. The quantitative estimate of drug-likeness (QED) is 0.163. The lowest BCUT2D eigenvalue weighted by atomic mass is 9.33. The second kappa shape index (κ2) is 14.4. The fourth-order valence-corrected chi connectivity index (χ4v) is 10.5. The maximum Gasteiger partial charge on any atom is 0.252 e. The first kappa shape index (κ1) is 39.0. The minimum atomic E-state index is 0.00103.